The Balaban J connectivity index is 2.29. The zero-order valence-electron chi connectivity index (χ0n) is 11.2. The highest BCUT2D eigenvalue weighted by molar-refractivity contribution is 9.10. The standard InChI is InChI=1S/C14H22BrN3/c1-3-13-6-4-5-7-18(13)14-11(9-16-2)8-12(15)10-17-14/h8,10,13,16H,3-7,9H2,1-2H3. The summed E-state index contributed by atoms with van der Waals surface area (Å²) in [6.45, 7) is 4.29. The smallest absolute Gasteiger partial charge is 0.133 e. The molecule has 1 N–H and O–H groups in total. The highest BCUT2D eigenvalue weighted by atomic mass is 79.9. The molecule has 18 heavy (non-hydrogen) atoms. The summed E-state index contributed by atoms with van der Waals surface area (Å²) in [6.07, 6.45) is 7.06. The van der Waals surface area contributed by atoms with Crippen LogP contribution in [0.2, 0.25) is 0 Å². The molecular weight excluding hydrogens is 290 g/mol. The van der Waals surface area contributed by atoms with Gasteiger partial charge in [-0.15, -0.1) is 0 Å². The van der Waals surface area contributed by atoms with Crippen LogP contribution in [0.5, 0.6) is 0 Å². The fourth-order valence-corrected chi connectivity index (χ4v) is 3.14. The second kappa shape index (κ2) is 6.53. The molecule has 100 valence electrons. The SMILES string of the molecule is CCC1CCCCN1c1ncc(Br)cc1CNC. The lowest BCUT2D eigenvalue weighted by Crippen LogP contribution is -2.40. The van der Waals surface area contributed by atoms with Crippen LogP contribution in [-0.4, -0.2) is 24.6 Å². The maximum Gasteiger partial charge on any atom is 0.133 e. The van der Waals surface area contributed by atoms with Gasteiger partial charge in [0.1, 0.15) is 5.82 Å². The van der Waals surface area contributed by atoms with Crippen LogP contribution in [-0.2, 0) is 6.54 Å². The Morgan fingerprint density at radius 1 is 1.50 bits per heavy atom. The number of hydrogen-bond donors (Lipinski definition) is 1. The number of pyridine rings is 1. The molecule has 1 aliphatic rings. The summed E-state index contributed by atoms with van der Waals surface area (Å²) in [4.78, 5) is 7.16. The van der Waals surface area contributed by atoms with Gasteiger partial charge in [0.2, 0.25) is 0 Å². The van der Waals surface area contributed by atoms with E-state index < -0.39 is 0 Å². The van der Waals surface area contributed by atoms with Crippen molar-refractivity contribution in [2.45, 2.75) is 45.2 Å². The van der Waals surface area contributed by atoms with Crippen LogP contribution in [0.25, 0.3) is 0 Å². The van der Waals surface area contributed by atoms with Crippen molar-refractivity contribution in [3.63, 3.8) is 0 Å². The van der Waals surface area contributed by atoms with Gasteiger partial charge in [0.15, 0.2) is 0 Å². The maximum atomic E-state index is 4.66. The minimum absolute atomic E-state index is 0.656. The fourth-order valence-electron chi connectivity index (χ4n) is 2.76. The molecule has 0 aromatic carbocycles. The van der Waals surface area contributed by atoms with E-state index in [2.05, 4.69) is 44.1 Å². The molecule has 0 aliphatic carbocycles. The van der Waals surface area contributed by atoms with E-state index in [4.69, 9.17) is 0 Å². The third kappa shape index (κ3) is 3.04. The first kappa shape index (κ1) is 13.8. The van der Waals surface area contributed by atoms with E-state index in [9.17, 15) is 0 Å². The Morgan fingerprint density at radius 2 is 2.33 bits per heavy atom. The lowest BCUT2D eigenvalue weighted by Gasteiger charge is -2.37. The summed E-state index contributed by atoms with van der Waals surface area (Å²) in [5.74, 6) is 1.17. The molecule has 4 heteroatoms. The minimum atomic E-state index is 0.656. The van der Waals surface area contributed by atoms with Crippen molar-refractivity contribution in [3.05, 3.63) is 22.3 Å². The second-order valence-corrected chi connectivity index (χ2v) is 5.83. The molecule has 1 aromatic heterocycles. The van der Waals surface area contributed by atoms with E-state index in [1.165, 1.54) is 37.1 Å². The van der Waals surface area contributed by atoms with Crippen LogP contribution in [0, 0.1) is 0 Å². The van der Waals surface area contributed by atoms with Gasteiger partial charge in [-0.2, -0.15) is 0 Å². The fraction of sp³-hybridized carbons (Fsp3) is 0.643. The largest absolute Gasteiger partial charge is 0.353 e. The Labute approximate surface area is 118 Å². The summed E-state index contributed by atoms with van der Waals surface area (Å²) < 4.78 is 1.06. The minimum Gasteiger partial charge on any atom is -0.353 e. The molecule has 0 bridgehead atoms. The van der Waals surface area contributed by atoms with Crippen LogP contribution >= 0.6 is 15.9 Å². The molecule has 0 spiro atoms. The third-order valence-electron chi connectivity index (χ3n) is 3.65. The van der Waals surface area contributed by atoms with Crippen molar-refractivity contribution >= 4 is 21.7 Å². The number of rotatable bonds is 4. The monoisotopic (exact) mass is 311 g/mol. The van der Waals surface area contributed by atoms with Crippen molar-refractivity contribution in [3.8, 4) is 0 Å². The van der Waals surface area contributed by atoms with Crippen LogP contribution in [0.15, 0.2) is 16.7 Å². The Hall–Kier alpha value is -0.610. The van der Waals surface area contributed by atoms with Gasteiger partial charge in [-0.1, -0.05) is 6.92 Å². The predicted octanol–water partition coefficient (Wildman–Crippen LogP) is 3.33. The zero-order valence-corrected chi connectivity index (χ0v) is 12.8. The Morgan fingerprint density at radius 3 is 3.06 bits per heavy atom. The van der Waals surface area contributed by atoms with Crippen molar-refractivity contribution in [1.29, 1.82) is 0 Å². The quantitative estimate of drug-likeness (QED) is 0.924. The molecule has 0 saturated carbocycles. The van der Waals surface area contributed by atoms with E-state index in [0.29, 0.717) is 6.04 Å². The van der Waals surface area contributed by atoms with Gasteiger partial charge >= 0.3 is 0 Å². The van der Waals surface area contributed by atoms with Crippen molar-refractivity contribution < 1.29 is 0 Å². The van der Waals surface area contributed by atoms with E-state index in [1.807, 2.05) is 13.2 Å². The summed E-state index contributed by atoms with van der Waals surface area (Å²) in [5, 5.41) is 3.24. The summed E-state index contributed by atoms with van der Waals surface area (Å²) in [6, 6.07) is 2.84. The van der Waals surface area contributed by atoms with Gasteiger partial charge in [0, 0.05) is 35.4 Å². The number of hydrogen-bond acceptors (Lipinski definition) is 3. The van der Waals surface area contributed by atoms with Gasteiger partial charge in [0.25, 0.3) is 0 Å². The highest BCUT2D eigenvalue weighted by Gasteiger charge is 2.23. The summed E-state index contributed by atoms with van der Waals surface area (Å²) in [5.41, 5.74) is 1.28. The average Bonchev–Trinajstić information content (AvgIpc) is 2.39. The lowest BCUT2D eigenvalue weighted by atomic mass is 9.99. The van der Waals surface area contributed by atoms with Crippen molar-refractivity contribution in [2.75, 3.05) is 18.5 Å². The summed E-state index contributed by atoms with van der Waals surface area (Å²) in [7, 11) is 1.98. The van der Waals surface area contributed by atoms with E-state index in [0.717, 1.165) is 17.6 Å². The summed E-state index contributed by atoms with van der Waals surface area (Å²) >= 11 is 3.51. The number of nitrogens with one attached hydrogen (secondary N) is 1. The molecule has 1 aromatic rings. The molecule has 1 unspecified atom stereocenters. The van der Waals surface area contributed by atoms with Gasteiger partial charge in [-0.25, -0.2) is 4.98 Å². The topological polar surface area (TPSA) is 28.2 Å². The van der Waals surface area contributed by atoms with E-state index in [-0.39, 0.29) is 0 Å². The maximum absolute atomic E-state index is 4.66. The molecule has 3 nitrogen and oxygen atoms in total. The Bertz CT molecular complexity index is 395. The predicted molar refractivity (Wildman–Crippen MR) is 80.0 cm³/mol. The van der Waals surface area contributed by atoms with Crippen LogP contribution in [0.4, 0.5) is 5.82 Å². The normalized spacial score (nSPS) is 20.2. The highest BCUT2D eigenvalue weighted by Crippen LogP contribution is 2.29. The number of nitrogens with zero attached hydrogens (tertiary/aromatic N) is 2. The molecule has 0 amide bonds. The van der Waals surface area contributed by atoms with E-state index >= 15 is 0 Å². The van der Waals surface area contributed by atoms with Crippen molar-refractivity contribution in [1.82, 2.24) is 10.3 Å². The van der Waals surface area contributed by atoms with E-state index in [1.54, 1.807) is 0 Å². The van der Waals surface area contributed by atoms with Crippen LogP contribution < -0.4 is 10.2 Å². The molecular formula is C14H22BrN3. The van der Waals surface area contributed by atoms with Crippen LogP contribution in [0.1, 0.15) is 38.2 Å². The first-order valence-corrected chi connectivity index (χ1v) is 7.61. The Kier molecular flexibility index (Phi) is 5.01. The molecule has 1 atom stereocenters. The molecule has 2 heterocycles. The first-order chi connectivity index (χ1) is 8.76. The van der Waals surface area contributed by atoms with Crippen LogP contribution in [0.3, 0.4) is 0 Å². The molecule has 2 rings (SSSR count). The number of halogens is 1. The molecule has 1 aliphatic heterocycles. The lowest BCUT2D eigenvalue weighted by molar-refractivity contribution is 0.445. The second-order valence-electron chi connectivity index (χ2n) is 4.92. The molecule has 0 radical (unpaired) electrons. The zero-order chi connectivity index (χ0) is 13.0. The first-order valence-electron chi connectivity index (χ1n) is 6.82. The number of aromatic nitrogens is 1. The number of anilines is 1. The third-order valence-corrected chi connectivity index (χ3v) is 4.08. The van der Waals surface area contributed by atoms with Gasteiger partial charge in [-0.05, 0) is 54.7 Å². The average molecular weight is 312 g/mol. The molecule has 1 fully saturated rings. The van der Waals surface area contributed by atoms with Gasteiger partial charge < -0.3 is 10.2 Å². The molecule has 1 saturated heterocycles. The van der Waals surface area contributed by atoms with Crippen molar-refractivity contribution in [2.24, 2.45) is 0 Å². The van der Waals surface area contributed by atoms with Gasteiger partial charge in [-0.3, -0.25) is 0 Å². The van der Waals surface area contributed by atoms with Gasteiger partial charge in [0.05, 0.1) is 0 Å². The number of piperidine rings is 1.